The van der Waals surface area contributed by atoms with Gasteiger partial charge >= 0.3 is 17.9 Å². The van der Waals surface area contributed by atoms with E-state index in [1.54, 1.807) is 20.8 Å². The Morgan fingerprint density at radius 3 is 2.00 bits per heavy atom. The number of rotatable bonds is 3. The smallest absolute Gasteiger partial charge is 0.303 e. The number of carbonyl (C=O) groups is 4. The van der Waals surface area contributed by atoms with Crippen LogP contribution in [0.1, 0.15) is 67.7 Å². The van der Waals surface area contributed by atoms with Crippen molar-refractivity contribution in [1.82, 2.24) is 0 Å². The summed E-state index contributed by atoms with van der Waals surface area (Å²) in [7, 11) is 0. The van der Waals surface area contributed by atoms with E-state index in [2.05, 4.69) is 0 Å². The fourth-order valence-electron chi connectivity index (χ4n) is 8.31. The summed E-state index contributed by atoms with van der Waals surface area (Å²) < 4.78 is 22.9. The third-order valence-corrected chi connectivity index (χ3v) is 10.0. The van der Waals surface area contributed by atoms with Crippen LogP contribution >= 0.6 is 0 Å². The molecule has 3 saturated carbocycles. The molecule has 0 radical (unpaired) electrons. The van der Waals surface area contributed by atoms with Gasteiger partial charge in [0.15, 0.2) is 23.8 Å². The van der Waals surface area contributed by atoms with Gasteiger partial charge < -0.3 is 39.4 Å². The summed E-state index contributed by atoms with van der Waals surface area (Å²) in [6.45, 7) is 9.89. The highest BCUT2D eigenvalue weighted by molar-refractivity contribution is 5.91. The zero-order valence-corrected chi connectivity index (χ0v) is 22.7. The number of fused-ring (bicyclic) bond motifs is 5. The minimum Gasteiger partial charge on any atom is -0.462 e. The maximum absolute atomic E-state index is 13.6. The predicted octanol–water partition coefficient (Wildman–Crippen LogP) is -0.243. The van der Waals surface area contributed by atoms with Crippen molar-refractivity contribution in [2.45, 2.75) is 115 Å². The van der Waals surface area contributed by atoms with Gasteiger partial charge in [0.05, 0.1) is 0 Å². The molecule has 1 saturated heterocycles. The van der Waals surface area contributed by atoms with Crippen LogP contribution in [0.25, 0.3) is 0 Å². The molecule has 214 valence electrons. The lowest BCUT2D eigenvalue weighted by Gasteiger charge is -2.71. The van der Waals surface area contributed by atoms with Crippen molar-refractivity contribution in [2.75, 3.05) is 0 Å². The first-order chi connectivity index (χ1) is 17.3. The topological polar surface area (TPSA) is 186 Å². The normalized spacial score (nSPS) is 49.2. The van der Waals surface area contributed by atoms with Gasteiger partial charge in [-0.25, -0.2) is 0 Å². The maximum Gasteiger partial charge on any atom is 0.303 e. The number of hydrogen-bond acceptors (Lipinski definition) is 12. The Kier molecular flexibility index (Phi) is 6.60. The Morgan fingerprint density at radius 2 is 1.47 bits per heavy atom. The molecular weight excluding hydrogens is 504 g/mol. The van der Waals surface area contributed by atoms with Crippen LogP contribution in [0.3, 0.4) is 0 Å². The second-order valence-electron chi connectivity index (χ2n) is 12.3. The van der Waals surface area contributed by atoms with Crippen molar-refractivity contribution in [3.63, 3.8) is 0 Å². The van der Waals surface area contributed by atoms with Crippen LogP contribution in [-0.2, 0) is 38.1 Å². The van der Waals surface area contributed by atoms with E-state index in [0.29, 0.717) is 12.8 Å². The Labute approximate surface area is 220 Å². The molecule has 0 unspecified atom stereocenters. The Morgan fingerprint density at radius 1 is 0.921 bits per heavy atom. The van der Waals surface area contributed by atoms with E-state index in [4.69, 9.17) is 18.9 Å². The summed E-state index contributed by atoms with van der Waals surface area (Å²) in [5.74, 6) is -5.27. The number of aliphatic hydroxyl groups excluding tert-OH is 2. The van der Waals surface area contributed by atoms with E-state index in [1.165, 1.54) is 13.8 Å². The van der Waals surface area contributed by atoms with Crippen molar-refractivity contribution in [2.24, 2.45) is 22.7 Å². The number of esters is 3. The molecule has 4 rings (SSSR count). The molecule has 12 nitrogen and oxygen atoms in total. The van der Waals surface area contributed by atoms with Gasteiger partial charge in [-0.2, -0.15) is 0 Å². The Bertz CT molecular complexity index is 1060. The standard InChI is InChI=1S/C26H38O12/c1-11(27)35-16-8-9-22(4,5)26(34)20(37-13(3)29)18(36-12(2)28)17-14(23(16,26)6)10-15(30)25(33)19(31)21(32)38-24(17,25)7/h14,16-21,31-34H,8-10H2,1-7H3/t14-,16-,17-,18+,19-,20-,21+,23-,24-,25+,26+/m0/s1. The minimum atomic E-state index is -2.61. The van der Waals surface area contributed by atoms with E-state index < -0.39 is 100 Å². The fraction of sp³-hybridized carbons (Fsp3) is 0.846. The van der Waals surface area contributed by atoms with Crippen molar-refractivity contribution < 1.29 is 58.6 Å². The molecule has 0 aromatic rings. The van der Waals surface area contributed by atoms with Crippen LogP contribution in [0, 0.1) is 22.7 Å². The summed E-state index contributed by atoms with van der Waals surface area (Å²) in [6.07, 6.45) is -7.82. The SMILES string of the molecule is CC(=O)O[C@@H]1[C@@H]2[C@H](CC(=O)[C@@]3(O)[C@@H](O)[C@H](O)O[C@@]23C)[C@@]2(C)[C@@H](OC(C)=O)CCC(C)(C)[C@]2(O)[C@H]1OC(C)=O. The molecule has 0 bridgehead atoms. The molecule has 38 heavy (non-hydrogen) atoms. The summed E-state index contributed by atoms with van der Waals surface area (Å²) in [6, 6.07) is 0. The fourth-order valence-corrected chi connectivity index (χ4v) is 8.31. The molecule has 11 atom stereocenters. The van der Waals surface area contributed by atoms with Gasteiger partial charge in [-0.3, -0.25) is 19.2 Å². The molecule has 0 aromatic carbocycles. The largest absolute Gasteiger partial charge is 0.462 e. The predicted molar refractivity (Wildman–Crippen MR) is 126 cm³/mol. The van der Waals surface area contributed by atoms with Gasteiger partial charge in [-0.1, -0.05) is 20.8 Å². The second kappa shape index (κ2) is 8.69. The third kappa shape index (κ3) is 3.39. The Hall–Kier alpha value is -2.12. The average Bonchev–Trinajstić information content (AvgIpc) is 2.96. The van der Waals surface area contributed by atoms with Gasteiger partial charge in [0, 0.05) is 38.5 Å². The average molecular weight is 543 g/mol. The Balaban J connectivity index is 2.07. The van der Waals surface area contributed by atoms with Crippen LogP contribution in [0.15, 0.2) is 0 Å². The van der Waals surface area contributed by atoms with Crippen molar-refractivity contribution in [3.05, 3.63) is 0 Å². The van der Waals surface area contributed by atoms with Crippen molar-refractivity contribution in [3.8, 4) is 0 Å². The summed E-state index contributed by atoms with van der Waals surface area (Å²) in [4.78, 5) is 50.7. The molecular formula is C26H38O12. The van der Waals surface area contributed by atoms with E-state index in [1.807, 2.05) is 0 Å². The monoisotopic (exact) mass is 542 g/mol. The zero-order chi connectivity index (χ0) is 28.8. The van der Waals surface area contributed by atoms with Crippen LogP contribution in [0.4, 0.5) is 0 Å². The van der Waals surface area contributed by atoms with E-state index in [-0.39, 0.29) is 0 Å². The molecule has 1 aliphatic heterocycles. The van der Waals surface area contributed by atoms with E-state index in [9.17, 15) is 39.6 Å². The molecule has 4 fully saturated rings. The van der Waals surface area contributed by atoms with Gasteiger partial charge in [0.25, 0.3) is 0 Å². The third-order valence-electron chi connectivity index (χ3n) is 10.0. The van der Waals surface area contributed by atoms with Crippen LogP contribution in [0.5, 0.6) is 0 Å². The van der Waals surface area contributed by atoms with Gasteiger partial charge in [-0.15, -0.1) is 0 Å². The number of ether oxygens (including phenoxy) is 4. The lowest BCUT2D eigenvalue weighted by molar-refractivity contribution is -0.360. The minimum absolute atomic E-state index is 0.293. The van der Waals surface area contributed by atoms with Crippen LogP contribution < -0.4 is 0 Å². The molecule has 0 aromatic heterocycles. The van der Waals surface area contributed by atoms with Gasteiger partial charge in [0.1, 0.15) is 29.5 Å². The first-order valence-electron chi connectivity index (χ1n) is 12.8. The van der Waals surface area contributed by atoms with Crippen LogP contribution in [0.2, 0.25) is 0 Å². The highest BCUT2D eigenvalue weighted by Gasteiger charge is 2.83. The highest BCUT2D eigenvalue weighted by Crippen LogP contribution is 2.70. The second-order valence-corrected chi connectivity index (χ2v) is 12.3. The molecule has 4 aliphatic rings. The molecule has 3 aliphatic carbocycles. The molecule has 4 N–H and O–H groups in total. The summed E-state index contributed by atoms with van der Waals surface area (Å²) in [5.41, 5.74) is -9.22. The number of hydrogen-bond donors (Lipinski definition) is 4. The lowest BCUT2D eigenvalue weighted by Crippen LogP contribution is -2.84. The molecule has 0 amide bonds. The number of aliphatic hydroxyl groups is 4. The quantitative estimate of drug-likeness (QED) is 0.271. The molecule has 1 heterocycles. The summed E-state index contributed by atoms with van der Waals surface area (Å²) >= 11 is 0. The first kappa shape index (κ1) is 28.9. The van der Waals surface area contributed by atoms with E-state index >= 15 is 0 Å². The number of Topliss-reactive ketones (excluding diaryl/α,β-unsaturated/α-hetero) is 1. The maximum atomic E-state index is 13.6. The van der Waals surface area contributed by atoms with E-state index in [0.717, 1.165) is 13.8 Å². The van der Waals surface area contributed by atoms with Gasteiger partial charge in [0.2, 0.25) is 0 Å². The molecule has 12 heteroatoms. The highest BCUT2D eigenvalue weighted by atomic mass is 16.7. The van der Waals surface area contributed by atoms with Crippen LogP contribution in [-0.4, -0.2) is 91.6 Å². The zero-order valence-electron chi connectivity index (χ0n) is 22.7. The molecule has 0 spiro atoms. The van der Waals surface area contributed by atoms with Crippen molar-refractivity contribution >= 4 is 23.7 Å². The number of ketones is 1. The number of carbonyl (C=O) groups excluding carboxylic acids is 4. The lowest BCUT2D eigenvalue weighted by atomic mass is 9.37. The summed E-state index contributed by atoms with van der Waals surface area (Å²) in [5, 5.41) is 45.6. The van der Waals surface area contributed by atoms with Crippen molar-refractivity contribution in [1.29, 1.82) is 0 Å². The van der Waals surface area contributed by atoms with Gasteiger partial charge in [-0.05, 0) is 31.1 Å². The first-order valence-corrected chi connectivity index (χ1v) is 12.8.